The Balaban J connectivity index is 1.56. The highest BCUT2D eigenvalue weighted by molar-refractivity contribution is 7.80. The predicted molar refractivity (Wildman–Crippen MR) is 137 cm³/mol. The van der Waals surface area contributed by atoms with Gasteiger partial charge in [0.05, 0.1) is 10.2 Å². The fourth-order valence-corrected chi connectivity index (χ4v) is 4.08. The molecule has 8 heteroatoms. The van der Waals surface area contributed by atoms with Crippen LogP contribution in [0.25, 0.3) is 16.3 Å². The summed E-state index contributed by atoms with van der Waals surface area (Å²) < 4.78 is 0.903. The standard InChI is InChI=1S/C24H26N4O2S2/c1-4-5-21(29)28-24-26-19-12-11-18(14-20(19)32-24)25-23(31)27-22(30)13-8-16-6-9-17(10-7-16)15(2)3/h6-15H,4-5H2,1-3H3,(H,26,28,29)(H2,25,27,30,31)/b13-8+. The van der Waals surface area contributed by atoms with Crippen LogP contribution in [0.2, 0.25) is 0 Å². The molecule has 0 unspecified atom stereocenters. The minimum Gasteiger partial charge on any atom is -0.332 e. The maximum atomic E-state index is 12.2. The minimum atomic E-state index is -0.310. The molecule has 3 N–H and O–H groups in total. The topological polar surface area (TPSA) is 83.1 Å². The number of thiazole rings is 1. The van der Waals surface area contributed by atoms with Crippen LogP contribution in [0.5, 0.6) is 0 Å². The number of nitrogens with zero attached hydrogens (tertiary/aromatic N) is 1. The molecule has 0 aliphatic heterocycles. The first-order valence-electron chi connectivity index (χ1n) is 10.4. The first-order chi connectivity index (χ1) is 15.3. The van der Waals surface area contributed by atoms with Gasteiger partial charge in [-0.2, -0.15) is 0 Å². The van der Waals surface area contributed by atoms with E-state index in [1.165, 1.54) is 23.0 Å². The van der Waals surface area contributed by atoms with E-state index in [9.17, 15) is 9.59 Å². The van der Waals surface area contributed by atoms with E-state index in [1.54, 1.807) is 6.08 Å². The molecule has 32 heavy (non-hydrogen) atoms. The van der Waals surface area contributed by atoms with Crippen LogP contribution in [0, 0.1) is 0 Å². The Labute approximate surface area is 197 Å². The lowest BCUT2D eigenvalue weighted by Gasteiger charge is -2.08. The maximum absolute atomic E-state index is 12.2. The first-order valence-corrected chi connectivity index (χ1v) is 11.7. The Morgan fingerprint density at radius 3 is 2.56 bits per heavy atom. The van der Waals surface area contributed by atoms with Gasteiger partial charge in [0, 0.05) is 18.2 Å². The van der Waals surface area contributed by atoms with E-state index in [4.69, 9.17) is 12.2 Å². The lowest BCUT2D eigenvalue weighted by molar-refractivity contribution is -0.116. The van der Waals surface area contributed by atoms with Crippen molar-refractivity contribution in [1.29, 1.82) is 0 Å². The van der Waals surface area contributed by atoms with E-state index in [1.807, 2.05) is 37.3 Å². The normalized spacial score (nSPS) is 11.1. The third-order valence-corrected chi connectivity index (χ3v) is 5.77. The molecule has 2 amide bonds. The lowest BCUT2D eigenvalue weighted by atomic mass is 10.0. The second kappa shape index (κ2) is 11.0. The van der Waals surface area contributed by atoms with Crippen molar-refractivity contribution in [2.45, 2.75) is 39.5 Å². The summed E-state index contributed by atoms with van der Waals surface area (Å²) in [6.07, 6.45) is 4.46. The third-order valence-electron chi connectivity index (χ3n) is 4.64. The smallest absolute Gasteiger partial charge is 0.250 e. The Hall–Kier alpha value is -3.10. The molecule has 3 rings (SSSR count). The molecule has 0 aliphatic rings. The van der Waals surface area contributed by atoms with E-state index >= 15 is 0 Å². The van der Waals surface area contributed by atoms with Gasteiger partial charge < -0.3 is 10.6 Å². The summed E-state index contributed by atoms with van der Waals surface area (Å²) in [4.78, 5) is 28.4. The highest BCUT2D eigenvalue weighted by Crippen LogP contribution is 2.28. The average Bonchev–Trinajstić information content (AvgIpc) is 3.14. The van der Waals surface area contributed by atoms with Crippen LogP contribution in [0.4, 0.5) is 10.8 Å². The largest absolute Gasteiger partial charge is 0.332 e. The van der Waals surface area contributed by atoms with Gasteiger partial charge in [0.15, 0.2) is 10.2 Å². The number of nitrogens with one attached hydrogen (secondary N) is 3. The van der Waals surface area contributed by atoms with Crippen LogP contribution < -0.4 is 16.0 Å². The van der Waals surface area contributed by atoms with Crippen LogP contribution in [-0.2, 0) is 9.59 Å². The van der Waals surface area contributed by atoms with Gasteiger partial charge >= 0.3 is 0 Å². The Kier molecular flexibility index (Phi) is 8.08. The second-order valence-electron chi connectivity index (χ2n) is 7.60. The molecule has 3 aromatic rings. The quantitative estimate of drug-likeness (QED) is 0.308. The zero-order valence-electron chi connectivity index (χ0n) is 18.3. The molecular weight excluding hydrogens is 440 g/mol. The van der Waals surface area contributed by atoms with Crippen molar-refractivity contribution < 1.29 is 9.59 Å². The molecule has 0 fully saturated rings. The number of anilines is 2. The van der Waals surface area contributed by atoms with Crippen LogP contribution in [-0.4, -0.2) is 21.9 Å². The number of aromatic nitrogens is 1. The van der Waals surface area contributed by atoms with Gasteiger partial charge in [0.2, 0.25) is 11.8 Å². The SMILES string of the molecule is CCCC(=O)Nc1nc2ccc(NC(=S)NC(=O)/C=C/c3ccc(C(C)C)cc3)cc2s1. The summed E-state index contributed by atoms with van der Waals surface area (Å²) in [7, 11) is 0. The van der Waals surface area contributed by atoms with Gasteiger partial charge in [0.1, 0.15) is 0 Å². The van der Waals surface area contributed by atoms with Crippen molar-refractivity contribution in [3.05, 3.63) is 59.7 Å². The van der Waals surface area contributed by atoms with E-state index in [-0.39, 0.29) is 16.9 Å². The summed E-state index contributed by atoms with van der Waals surface area (Å²) >= 11 is 6.65. The van der Waals surface area contributed by atoms with Gasteiger partial charge in [0.25, 0.3) is 0 Å². The number of amides is 2. The number of hydrogen-bond donors (Lipinski definition) is 3. The molecule has 0 atom stereocenters. The van der Waals surface area contributed by atoms with Crippen molar-refractivity contribution in [2.24, 2.45) is 0 Å². The van der Waals surface area contributed by atoms with Gasteiger partial charge in [-0.25, -0.2) is 4.98 Å². The highest BCUT2D eigenvalue weighted by Gasteiger charge is 2.09. The summed E-state index contributed by atoms with van der Waals surface area (Å²) in [5.41, 5.74) is 3.71. The molecule has 0 bridgehead atoms. The van der Waals surface area contributed by atoms with Crippen molar-refractivity contribution in [1.82, 2.24) is 10.3 Å². The van der Waals surface area contributed by atoms with E-state index in [2.05, 4.69) is 46.9 Å². The van der Waals surface area contributed by atoms with E-state index in [0.717, 1.165) is 27.9 Å². The number of thiocarbonyl (C=S) groups is 1. The maximum Gasteiger partial charge on any atom is 0.250 e. The number of benzene rings is 2. The van der Waals surface area contributed by atoms with Gasteiger partial charge in [-0.05, 0) is 60.0 Å². The van der Waals surface area contributed by atoms with Gasteiger partial charge in [-0.1, -0.05) is 56.4 Å². The summed E-state index contributed by atoms with van der Waals surface area (Å²) in [6.45, 7) is 6.24. The molecule has 0 aliphatic carbocycles. The molecule has 0 radical (unpaired) electrons. The first kappa shape index (κ1) is 23.6. The van der Waals surface area contributed by atoms with Crippen LogP contribution in [0.3, 0.4) is 0 Å². The third kappa shape index (κ3) is 6.70. The number of hydrogen-bond acceptors (Lipinski definition) is 5. The van der Waals surface area contributed by atoms with Gasteiger partial charge in [-0.3, -0.25) is 14.9 Å². The van der Waals surface area contributed by atoms with Crippen LogP contribution in [0.1, 0.15) is 50.7 Å². The molecule has 0 saturated carbocycles. The van der Waals surface area contributed by atoms with Crippen LogP contribution in [0.15, 0.2) is 48.5 Å². The monoisotopic (exact) mass is 466 g/mol. The Morgan fingerprint density at radius 2 is 1.88 bits per heavy atom. The summed E-state index contributed by atoms with van der Waals surface area (Å²) in [6, 6.07) is 13.6. The molecule has 1 aromatic heterocycles. The molecule has 166 valence electrons. The Morgan fingerprint density at radius 1 is 1.12 bits per heavy atom. The predicted octanol–water partition coefficient (Wildman–Crippen LogP) is 5.68. The van der Waals surface area contributed by atoms with Crippen molar-refractivity contribution >= 4 is 67.6 Å². The van der Waals surface area contributed by atoms with Crippen molar-refractivity contribution in [3.63, 3.8) is 0 Å². The molecule has 0 saturated heterocycles. The van der Waals surface area contributed by atoms with Gasteiger partial charge in [-0.15, -0.1) is 0 Å². The molecular formula is C24H26N4O2S2. The van der Waals surface area contributed by atoms with E-state index < -0.39 is 0 Å². The average molecular weight is 467 g/mol. The van der Waals surface area contributed by atoms with Crippen molar-refractivity contribution in [3.8, 4) is 0 Å². The zero-order valence-corrected chi connectivity index (χ0v) is 19.9. The molecule has 1 heterocycles. The number of carbonyl (C=O) groups excluding carboxylic acids is 2. The second-order valence-corrected chi connectivity index (χ2v) is 9.04. The summed E-state index contributed by atoms with van der Waals surface area (Å²) in [5.74, 6) is 0.114. The Bertz CT molecular complexity index is 1150. The van der Waals surface area contributed by atoms with Crippen LogP contribution >= 0.6 is 23.6 Å². The number of fused-ring (bicyclic) bond motifs is 1. The fourth-order valence-electron chi connectivity index (χ4n) is 2.94. The fraction of sp³-hybridized carbons (Fsp3) is 0.250. The molecule has 0 spiro atoms. The lowest BCUT2D eigenvalue weighted by Crippen LogP contribution is -2.32. The minimum absolute atomic E-state index is 0.0438. The molecule has 2 aromatic carbocycles. The highest BCUT2D eigenvalue weighted by atomic mass is 32.1. The molecule has 6 nitrogen and oxygen atoms in total. The van der Waals surface area contributed by atoms with E-state index in [0.29, 0.717) is 17.5 Å². The zero-order chi connectivity index (χ0) is 23.1. The summed E-state index contributed by atoms with van der Waals surface area (Å²) in [5, 5.41) is 9.24. The number of carbonyl (C=O) groups is 2. The number of rotatable bonds is 7. The van der Waals surface area contributed by atoms with Crippen molar-refractivity contribution in [2.75, 3.05) is 10.6 Å².